The number of carbonyl (C=O) groups excluding carboxylic acids is 2. The second-order valence-electron chi connectivity index (χ2n) is 8.50. The van der Waals surface area contributed by atoms with Gasteiger partial charge in [0.1, 0.15) is 5.82 Å². The van der Waals surface area contributed by atoms with Gasteiger partial charge in [0.25, 0.3) is 5.91 Å². The topological polar surface area (TPSA) is 127 Å². The molecule has 186 valence electrons. The summed E-state index contributed by atoms with van der Waals surface area (Å²) < 4.78 is 19.3. The van der Waals surface area contributed by atoms with Gasteiger partial charge in [-0.3, -0.25) is 4.79 Å². The maximum absolute atomic E-state index is 14.2. The van der Waals surface area contributed by atoms with E-state index < -0.39 is 29.8 Å². The Bertz CT molecular complexity index is 1170. The largest absolute Gasteiger partial charge is 0.464 e. The summed E-state index contributed by atoms with van der Waals surface area (Å²) in [6.07, 6.45) is -0.326. The lowest BCUT2D eigenvalue weighted by molar-refractivity contribution is -0.155. The van der Waals surface area contributed by atoms with Crippen molar-refractivity contribution in [1.82, 2.24) is 20.5 Å². The first-order valence-electron chi connectivity index (χ1n) is 10.9. The molecule has 1 heterocycles. The molecule has 0 saturated heterocycles. The quantitative estimate of drug-likeness (QED) is 0.285. The number of aromatic nitrogens is 3. The molecule has 2 aromatic carbocycles. The smallest absolute Gasteiger partial charge is 0.335 e. The predicted octanol–water partition coefficient (Wildman–Crippen LogP) is 3.27. The van der Waals surface area contributed by atoms with Crippen LogP contribution >= 0.6 is 11.6 Å². The second kappa shape index (κ2) is 11.8. The molecule has 0 spiro atoms. The van der Waals surface area contributed by atoms with Gasteiger partial charge in [-0.25, -0.2) is 9.18 Å². The van der Waals surface area contributed by atoms with Crippen molar-refractivity contribution in [3.05, 3.63) is 70.8 Å². The molecule has 0 aliphatic rings. The number of nitrogens with zero attached hydrogens (tertiary/aromatic N) is 3. The summed E-state index contributed by atoms with van der Waals surface area (Å²) in [6.45, 7) is 3.90. The van der Waals surface area contributed by atoms with Gasteiger partial charge < -0.3 is 20.4 Å². The molecule has 11 heteroatoms. The Morgan fingerprint density at radius 1 is 1.20 bits per heavy atom. The van der Waals surface area contributed by atoms with Gasteiger partial charge in [0.2, 0.25) is 0 Å². The number of aliphatic hydroxyl groups is 1. The molecule has 3 rings (SSSR count). The maximum Gasteiger partial charge on any atom is 0.335 e. The van der Waals surface area contributed by atoms with E-state index in [1.54, 1.807) is 24.3 Å². The molecule has 0 radical (unpaired) electrons. The highest BCUT2D eigenvalue weighted by Gasteiger charge is 2.25. The Morgan fingerprint density at radius 2 is 1.91 bits per heavy atom. The minimum Gasteiger partial charge on any atom is -0.464 e. The van der Waals surface area contributed by atoms with Gasteiger partial charge in [0.05, 0.1) is 12.8 Å². The number of benzene rings is 2. The summed E-state index contributed by atoms with van der Waals surface area (Å²) in [5.74, 6) is -1.74. The van der Waals surface area contributed by atoms with Crippen molar-refractivity contribution in [2.75, 3.05) is 6.61 Å². The summed E-state index contributed by atoms with van der Waals surface area (Å²) >= 11 is 5.99. The zero-order valence-corrected chi connectivity index (χ0v) is 19.9. The minimum absolute atomic E-state index is 0.102. The van der Waals surface area contributed by atoms with Crippen molar-refractivity contribution in [3.63, 3.8) is 0 Å². The normalized spacial score (nSPS) is 12.9. The van der Waals surface area contributed by atoms with Crippen LogP contribution in [0, 0.1) is 11.7 Å². The van der Waals surface area contributed by atoms with E-state index in [0.717, 1.165) is 11.8 Å². The third-order valence-corrected chi connectivity index (χ3v) is 5.30. The number of carbonyl (C=O) groups is 2. The molecule has 0 saturated carbocycles. The number of amides is 1. The number of hydrogen-bond donors (Lipinski definition) is 3. The van der Waals surface area contributed by atoms with Gasteiger partial charge in [-0.15, -0.1) is 5.10 Å². The zero-order chi connectivity index (χ0) is 25.5. The molecule has 0 aliphatic heterocycles. The molecule has 35 heavy (non-hydrogen) atoms. The van der Waals surface area contributed by atoms with Crippen LogP contribution in [0.4, 0.5) is 4.39 Å². The Labute approximate surface area is 206 Å². The van der Waals surface area contributed by atoms with Crippen molar-refractivity contribution in [2.45, 2.75) is 38.8 Å². The molecule has 3 N–H and O–H groups in total. The fourth-order valence-corrected chi connectivity index (χ4v) is 3.52. The number of halogens is 2. The van der Waals surface area contributed by atoms with Gasteiger partial charge in [-0.1, -0.05) is 54.6 Å². The Kier molecular flexibility index (Phi) is 8.78. The van der Waals surface area contributed by atoms with E-state index in [2.05, 4.69) is 15.6 Å². The van der Waals surface area contributed by atoms with Crippen LogP contribution in [0.25, 0.3) is 11.1 Å². The van der Waals surface area contributed by atoms with E-state index in [4.69, 9.17) is 16.3 Å². The van der Waals surface area contributed by atoms with E-state index in [1.165, 1.54) is 18.2 Å². The average molecular weight is 505 g/mol. The molecule has 3 aromatic rings. The number of aliphatic hydroxyl groups excluding tert-OH is 1. The third kappa shape index (κ3) is 7.49. The van der Waals surface area contributed by atoms with E-state index in [0.29, 0.717) is 21.0 Å². The summed E-state index contributed by atoms with van der Waals surface area (Å²) in [4.78, 5) is 25.1. The standard InChI is InChI=1S/C24H26ClFN4O5/c1-14(2)13-35-24(33)22(31)11-18(27-23(32)21-12-30(34)29-28-21)9-15-3-5-16(6-4-15)19-10-17(25)7-8-20(19)26/h3-8,10,12,14,18,22,31,34H,9,11,13H2,1-2H3,(H,27,32). The number of ether oxygens (including phenoxy) is 1. The highest BCUT2D eigenvalue weighted by Crippen LogP contribution is 2.26. The first kappa shape index (κ1) is 26.1. The molecule has 1 aromatic heterocycles. The van der Waals surface area contributed by atoms with Crippen LogP contribution in [0.5, 0.6) is 0 Å². The highest BCUT2D eigenvalue weighted by molar-refractivity contribution is 6.30. The molecule has 0 bridgehead atoms. The molecule has 9 nitrogen and oxygen atoms in total. The van der Waals surface area contributed by atoms with Crippen molar-refractivity contribution in [1.29, 1.82) is 0 Å². The number of nitrogens with one attached hydrogen (secondary N) is 1. The molecule has 0 aliphatic carbocycles. The molecule has 1 amide bonds. The lowest BCUT2D eigenvalue weighted by Crippen LogP contribution is -2.41. The first-order chi connectivity index (χ1) is 16.6. The first-order valence-corrected chi connectivity index (χ1v) is 11.3. The summed E-state index contributed by atoms with van der Waals surface area (Å²) in [5, 5.41) is 29.6. The van der Waals surface area contributed by atoms with E-state index in [1.807, 2.05) is 13.8 Å². The molecular weight excluding hydrogens is 479 g/mol. The Morgan fingerprint density at radius 3 is 2.54 bits per heavy atom. The van der Waals surface area contributed by atoms with Crippen LogP contribution in [0.15, 0.2) is 48.7 Å². The van der Waals surface area contributed by atoms with Crippen LogP contribution in [-0.4, -0.2) is 56.1 Å². The summed E-state index contributed by atoms with van der Waals surface area (Å²) in [7, 11) is 0. The predicted molar refractivity (Wildman–Crippen MR) is 125 cm³/mol. The van der Waals surface area contributed by atoms with Crippen molar-refractivity contribution in [2.24, 2.45) is 5.92 Å². The molecule has 2 atom stereocenters. The van der Waals surface area contributed by atoms with E-state index in [9.17, 15) is 24.3 Å². The molecule has 0 fully saturated rings. The van der Waals surface area contributed by atoms with E-state index in [-0.39, 0.29) is 31.1 Å². The fourth-order valence-electron chi connectivity index (χ4n) is 3.35. The van der Waals surface area contributed by atoms with Crippen LogP contribution < -0.4 is 5.32 Å². The Balaban J connectivity index is 1.75. The van der Waals surface area contributed by atoms with Crippen LogP contribution in [0.2, 0.25) is 5.02 Å². The van der Waals surface area contributed by atoms with Gasteiger partial charge in [-0.2, -0.15) is 0 Å². The summed E-state index contributed by atoms with van der Waals surface area (Å²) in [5.41, 5.74) is 1.59. The lowest BCUT2D eigenvalue weighted by Gasteiger charge is -2.21. The van der Waals surface area contributed by atoms with Gasteiger partial charge in [0, 0.05) is 23.0 Å². The zero-order valence-electron chi connectivity index (χ0n) is 19.2. The van der Waals surface area contributed by atoms with Crippen molar-refractivity contribution in [3.8, 4) is 11.1 Å². The monoisotopic (exact) mass is 504 g/mol. The minimum atomic E-state index is -1.47. The van der Waals surface area contributed by atoms with Gasteiger partial charge in [-0.05, 0) is 46.9 Å². The number of esters is 1. The highest BCUT2D eigenvalue weighted by atomic mass is 35.5. The number of rotatable bonds is 10. The van der Waals surface area contributed by atoms with Crippen LogP contribution in [0.3, 0.4) is 0 Å². The SMILES string of the molecule is CC(C)COC(=O)C(O)CC(Cc1ccc(-c2cc(Cl)ccc2F)cc1)NC(=O)c1cn(O)nn1. The Hall–Kier alpha value is -3.50. The fraction of sp³-hybridized carbons (Fsp3) is 0.333. The van der Waals surface area contributed by atoms with E-state index >= 15 is 0 Å². The van der Waals surface area contributed by atoms with Crippen molar-refractivity contribution < 1.29 is 29.0 Å². The lowest BCUT2D eigenvalue weighted by atomic mass is 9.97. The number of hydrogen-bond acceptors (Lipinski definition) is 7. The summed E-state index contributed by atoms with van der Waals surface area (Å²) in [6, 6.07) is 10.5. The molecular formula is C24H26ClFN4O5. The molecule has 2 unspecified atom stereocenters. The second-order valence-corrected chi connectivity index (χ2v) is 8.93. The van der Waals surface area contributed by atoms with Gasteiger partial charge in [0.15, 0.2) is 11.8 Å². The third-order valence-electron chi connectivity index (χ3n) is 5.06. The average Bonchev–Trinajstić information content (AvgIpc) is 3.26. The van der Waals surface area contributed by atoms with Crippen LogP contribution in [-0.2, 0) is 16.0 Å². The van der Waals surface area contributed by atoms with Crippen LogP contribution in [0.1, 0.15) is 36.3 Å². The van der Waals surface area contributed by atoms with Gasteiger partial charge >= 0.3 is 5.97 Å². The maximum atomic E-state index is 14.2. The van der Waals surface area contributed by atoms with Crippen molar-refractivity contribution >= 4 is 23.5 Å².